The first kappa shape index (κ1) is 10.1. The molecule has 0 spiro atoms. The highest BCUT2D eigenvalue weighted by molar-refractivity contribution is 6.16. The summed E-state index contributed by atoms with van der Waals surface area (Å²) in [7, 11) is 1.73. The van der Waals surface area contributed by atoms with Gasteiger partial charge in [-0.2, -0.15) is 0 Å². The van der Waals surface area contributed by atoms with E-state index in [2.05, 4.69) is 29.9 Å². The Morgan fingerprint density at radius 1 is 1.27 bits per heavy atom. The summed E-state index contributed by atoms with van der Waals surface area (Å²) >= 11 is 0. The molecular weight excluding hydrogens is 136 g/mol. The molecule has 2 nitrogen and oxygen atoms in total. The molecule has 0 fully saturated rings. The van der Waals surface area contributed by atoms with Gasteiger partial charge in [0, 0.05) is 25.7 Å². The first-order valence-corrected chi connectivity index (χ1v) is 3.86. The molecule has 0 aliphatic rings. The highest BCUT2D eigenvalue weighted by Gasteiger charge is 1.84. The zero-order chi connectivity index (χ0) is 8.53. The Morgan fingerprint density at radius 3 is 2.55 bits per heavy atom. The van der Waals surface area contributed by atoms with Crippen molar-refractivity contribution in [1.82, 2.24) is 0 Å². The van der Waals surface area contributed by atoms with Crippen LogP contribution in [0, 0.1) is 5.92 Å². The van der Waals surface area contributed by atoms with Crippen LogP contribution >= 0.6 is 0 Å². The molecule has 0 aliphatic heterocycles. The summed E-state index contributed by atoms with van der Waals surface area (Å²) in [5.41, 5.74) is 0. The summed E-state index contributed by atoms with van der Waals surface area (Å²) in [4.78, 5) is 7.74. The highest BCUT2D eigenvalue weighted by Crippen LogP contribution is 1.98. The molecule has 0 amide bonds. The van der Waals surface area contributed by atoms with Crippen molar-refractivity contribution in [3.63, 3.8) is 0 Å². The third-order valence-electron chi connectivity index (χ3n) is 1.10. The number of nitrogens with zero attached hydrogens (tertiary/aromatic N) is 2. The van der Waals surface area contributed by atoms with E-state index in [0.29, 0.717) is 5.92 Å². The van der Waals surface area contributed by atoms with E-state index in [0.717, 1.165) is 6.42 Å². The molecule has 0 saturated carbocycles. The quantitative estimate of drug-likeness (QED) is 0.552. The van der Waals surface area contributed by atoms with Crippen molar-refractivity contribution in [2.75, 3.05) is 7.05 Å². The summed E-state index contributed by atoms with van der Waals surface area (Å²) in [6.07, 6.45) is 8.30. The molecule has 0 rings (SSSR count). The molecule has 0 unspecified atom stereocenters. The van der Waals surface area contributed by atoms with Gasteiger partial charge in [-0.1, -0.05) is 19.9 Å². The molecule has 0 aliphatic carbocycles. The Bertz CT molecular complexity index is 155. The van der Waals surface area contributed by atoms with Gasteiger partial charge in [-0.25, -0.2) is 0 Å². The lowest BCUT2D eigenvalue weighted by molar-refractivity contribution is 0.663. The smallest absolute Gasteiger partial charge is 0.0446 e. The summed E-state index contributed by atoms with van der Waals surface area (Å²) in [5.74, 6) is 0.710. The van der Waals surface area contributed by atoms with E-state index in [9.17, 15) is 0 Å². The molecule has 11 heavy (non-hydrogen) atoms. The molecule has 0 aromatic rings. The summed E-state index contributed by atoms with van der Waals surface area (Å²) in [6.45, 7) is 4.36. The fourth-order valence-electron chi connectivity index (χ4n) is 0.549. The molecule has 0 N–H and O–H groups in total. The molecule has 0 heterocycles. The maximum Gasteiger partial charge on any atom is 0.0446 e. The molecule has 0 aromatic heterocycles. The van der Waals surface area contributed by atoms with Crippen molar-refractivity contribution >= 4 is 12.4 Å². The van der Waals surface area contributed by atoms with Gasteiger partial charge in [-0.3, -0.25) is 9.98 Å². The maximum atomic E-state index is 3.98. The Kier molecular flexibility index (Phi) is 6.59. The lowest BCUT2D eigenvalue weighted by Crippen LogP contribution is -1.80. The van der Waals surface area contributed by atoms with Crippen molar-refractivity contribution in [2.45, 2.75) is 20.3 Å². The monoisotopic (exact) mass is 152 g/mol. The lowest BCUT2D eigenvalue weighted by Gasteiger charge is -1.93. The van der Waals surface area contributed by atoms with Gasteiger partial charge in [-0.05, 0) is 12.3 Å². The van der Waals surface area contributed by atoms with Gasteiger partial charge in [0.05, 0.1) is 0 Å². The maximum absolute atomic E-state index is 3.98. The van der Waals surface area contributed by atoms with Crippen molar-refractivity contribution in [1.29, 1.82) is 0 Å². The fourth-order valence-corrected chi connectivity index (χ4v) is 0.549. The Morgan fingerprint density at radius 2 is 2.00 bits per heavy atom. The molecule has 0 bridgehead atoms. The topological polar surface area (TPSA) is 24.7 Å². The fraction of sp³-hybridized carbons (Fsp3) is 0.556. The van der Waals surface area contributed by atoms with Crippen molar-refractivity contribution in [3.05, 3.63) is 12.3 Å². The Hall–Kier alpha value is -0.920. The van der Waals surface area contributed by atoms with E-state index in [1.165, 1.54) is 0 Å². The normalized spacial score (nSPS) is 13.1. The molecular formula is C9H16N2. The minimum absolute atomic E-state index is 0.710. The van der Waals surface area contributed by atoms with Gasteiger partial charge in [0.2, 0.25) is 0 Å². The van der Waals surface area contributed by atoms with Crippen molar-refractivity contribution < 1.29 is 0 Å². The van der Waals surface area contributed by atoms with Crippen molar-refractivity contribution in [2.24, 2.45) is 15.9 Å². The first-order valence-electron chi connectivity index (χ1n) is 3.86. The van der Waals surface area contributed by atoms with Crippen LogP contribution < -0.4 is 0 Å². The van der Waals surface area contributed by atoms with Crippen molar-refractivity contribution in [3.8, 4) is 0 Å². The van der Waals surface area contributed by atoms with Gasteiger partial charge < -0.3 is 0 Å². The lowest BCUT2D eigenvalue weighted by atomic mass is 10.1. The number of hydrogen-bond acceptors (Lipinski definition) is 2. The molecule has 62 valence electrons. The summed E-state index contributed by atoms with van der Waals surface area (Å²) in [6, 6.07) is 0. The van der Waals surface area contributed by atoms with Crippen LogP contribution in [0.15, 0.2) is 22.3 Å². The van der Waals surface area contributed by atoms with Gasteiger partial charge in [0.15, 0.2) is 0 Å². The van der Waals surface area contributed by atoms with Crippen LogP contribution in [-0.4, -0.2) is 19.5 Å². The van der Waals surface area contributed by atoms with E-state index in [1.807, 2.05) is 6.20 Å². The molecule has 0 atom stereocenters. The van der Waals surface area contributed by atoms with E-state index in [-0.39, 0.29) is 0 Å². The largest absolute Gasteiger partial charge is 0.295 e. The zero-order valence-corrected chi connectivity index (χ0v) is 7.49. The third kappa shape index (κ3) is 9.08. The number of aliphatic imine (C=N–C) groups is 2. The minimum atomic E-state index is 0.710. The van der Waals surface area contributed by atoms with Crippen LogP contribution in [0.2, 0.25) is 0 Å². The average molecular weight is 152 g/mol. The van der Waals surface area contributed by atoms with Crippen LogP contribution in [0.1, 0.15) is 20.3 Å². The van der Waals surface area contributed by atoms with Crippen LogP contribution in [0.3, 0.4) is 0 Å². The first-order chi connectivity index (χ1) is 5.27. The number of rotatable bonds is 4. The van der Waals surface area contributed by atoms with Crippen LogP contribution in [0.25, 0.3) is 0 Å². The molecule has 0 aromatic carbocycles. The predicted molar refractivity (Wildman–Crippen MR) is 51.5 cm³/mol. The minimum Gasteiger partial charge on any atom is -0.295 e. The predicted octanol–water partition coefficient (Wildman–Crippen LogP) is 2.32. The Balaban J connectivity index is 3.44. The molecule has 0 radical (unpaired) electrons. The molecule has 2 heteroatoms. The second-order valence-corrected chi connectivity index (χ2v) is 2.72. The van der Waals surface area contributed by atoms with Gasteiger partial charge in [0.1, 0.15) is 0 Å². The van der Waals surface area contributed by atoms with Gasteiger partial charge in [-0.15, -0.1) is 0 Å². The van der Waals surface area contributed by atoms with E-state index < -0.39 is 0 Å². The zero-order valence-electron chi connectivity index (χ0n) is 7.49. The summed E-state index contributed by atoms with van der Waals surface area (Å²) < 4.78 is 0. The van der Waals surface area contributed by atoms with E-state index in [1.54, 1.807) is 19.5 Å². The van der Waals surface area contributed by atoms with Crippen LogP contribution in [-0.2, 0) is 0 Å². The third-order valence-corrected chi connectivity index (χ3v) is 1.10. The molecule has 0 saturated heterocycles. The second kappa shape index (κ2) is 7.19. The van der Waals surface area contributed by atoms with Gasteiger partial charge in [0.25, 0.3) is 0 Å². The van der Waals surface area contributed by atoms with E-state index in [4.69, 9.17) is 0 Å². The standard InChI is InChI=1S/C9H16N2/c1-9(2)5-4-6-11-8-7-10-3/h4,6-9H,5H2,1-3H3/b6-4+,10-7?,11-8?. The summed E-state index contributed by atoms with van der Waals surface area (Å²) in [5, 5.41) is 0. The number of allylic oxidation sites excluding steroid dienone is 1. The van der Waals surface area contributed by atoms with E-state index >= 15 is 0 Å². The average Bonchev–Trinajstić information content (AvgIpc) is 1.96. The van der Waals surface area contributed by atoms with Crippen LogP contribution in [0.5, 0.6) is 0 Å². The Labute approximate surface area is 68.8 Å². The highest BCUT2D eigenvalue weighted by atomic mass is 14.7. The van der Waals surface area contributed by atoms with Crippen LogP contribution in [0.4, 0.5) is 0 Å². The SMILES string of the molecule is CN=CC=N/C=C/CC(C)C. The number of hydrogen-bond donors (Lipinski definition) is 0. The van der Waals surface area contributed by atoms with Gasteiger partial charge >= 0.3 is 0 Å². The second-order valence-electron chi connectivity index (χ2n) is 2.72.